The zero-order chi connectivity index (χ0) is 13.8. The van der Waals surface area contributed by atoms with Gasteiger partial charge in [-0.05, 0) is 34.8 Å². The van der Waals surface area contributed by atoms with Gasteiger partial charge in [-0.25, -0.2) is 0 Å². The Balaban J connectivity index is 2.26. The van der Waals surface area contributed by atoms with Crippen LogP contribution in [0.4, 0.5) is 0 Å². The molecular weight excluding hydrogens is 324 g/mol. The van der Waals surface area contributed by atoms with Gasteiger partial charge in [-0.15, -0.1) is 11.3 Å². The number of thiophene rings is 1. The van der Waals surface area contributed by atoms with Gasteiger partial charge in [0.2, 0.25) is 0 Å². The number of nitrogens with two attached hydrogens (primary N) is 1. The summed E-state index contributed by atoms with van der Waals surface area (Å²) in [6, 6.07) is 3.19. The fraction of sp³-hybridized carbons (Fsp3) is 0.714. The molecule has 0 aromatic carbocycles. The Labute approximate surface area is 128 Å². The topological polar surface area (TPSA) is 38.5 Å². The maximum atomic E-state index is 6.42. The third-order valence-electron chi connectivity index (χ3n) is 3.86. The summed E-state index contributed by atoms with van der Waals surface area (Å²) in [7, 11) is 0. The van der Waals surface area contributed by atoms with Crippen LogP contribution in [-0.4, -0.2) is 36.7 Å². The summed E-state index contributed by atoms with van der Waals surface area (Å²) in [5.74, 6) is 0. The van der Waals surface area contributed by atoms with Crippen molar-refractivity contribution in [3.05, 3.63) is 20.8 Å². The molecule has 0 spiro atoms. The van der Waals surface area contributed by atoms with Gasteiger partial charge in [-0.1, -0.05) is 13.8 Å². The molecule has 1 saturated heterocycles. The molecule has 1 fully saturated rings. The summed E-state index contributed by atoms with van der Waals surface area (Å²) in [6.07, 6.45) is 2.10. The molecule has 0 aliphatic carbocycles. The third kappa shape index (κ3) is 3.58. The van der Waals surface area contributed by atoms with Gasteiger partial charge in [-0.3, -0.25) is 4.90 Å². The van der Waals surface area contributed by atoms with Crippen LogP contribution >= 0.6 is 27.3 Å². The number of hydrogen-bond acceptors (Lipinski definition) is 4. The van der Waals surface area contributed by atoms with E-state index in [0.717, 1.165) is 37.1 Å². The summed E-state index contributed by atoms with van der Waals surface area (Å²) in [4.78, 5) is 3.91. The average Bonchev–Trinajstić information content (AvgIpc) is 2.85. The molecule has 5 heteroatoms. The normalized spacial score (nSPS) is 24.3. The Morgan fingerprint density at radius 3 is 2.95 bits per heavy atom. The number of halogens is 1. The number of hydrogen-bond donors (Lipinski definition) is 1. The fourth-order valence-electron chi connectivity index (χ4n) is 2.71. The van der Waals surface area contributed by atoms with Crippen molar-refractivity contribution in [2.45, 2.75) is 44.8 Å². The van der Waals surface area contributed by atoms with Crippen molar-refractivity contribution >= 4 is 27.3 Å². The van der Waals surface area contributed by atoms with Crippen molar-refractivity contribution in [1.82, 2.24) is 4.90 Å². The van der Waals surface area contributed by atoms with Crippen LogP contribution < -0.4 is 5.73 Å². The molecule has 1 aromatic heterocycles. The first-order valence-corrected chi connectivity index (χ1v) is 8.67. The van der Waals surface area contributed by atoms with E-state index in [9.17, 15) is 0 Å². The highest BCUT2D eigenvalue weighted by atomic mass is 79.9. The zero-order valence-electron chi connectivity index (χ0n) is 11.6. The van der Waals surface area contributed by atoms with Gasteiger partial charge in [0.05, 0.1) is 19.3 Å². The summed E-state index contributed by atoms with van der Waals surface area (Å²) in [5.41, 5.74) is 6.42. The average molecular weight is 347 g/mol. The molecule has 19 heavy (non-hydrogen) atoms. The maximum Gasteiger partial charge on any atom is 0.0622 e. The van der Waals surface area contributed by atoms with Gasteiger partial charge in [0.1, 0.15) is 0 Å². The second-order valence-corrected chi connectivity index (χ2v) is 6.92. The minimum Gasteiger partial charge on any atom is -0.378 e. The van der Waals surface area contributed by atoms with Crippen LogP contribution in [0.2, 0.25) is 0 Å². The second kappa shape index (κ2) is 7.18. The SMILES string of the molecule is CCC(N)C(c1cc(Br)cs1)N1CCOCC1CC. The van der Waals surface area contributed by atoms with Gasteiger partial charge in [-0.2, -0.15) is 0 Å². The Morgan fingerprint density at radius 2 is 2.37 bits per heavy atom. The Morgan fingerprint density at radius 1 is 1.58 bits per heavy atom. The van der Waals surface area contributed by atoms with E-state index < -0.39 is 0 Å². The first kappa shape index (κ1) is 15.4. The van der Waals surface area contributed by atoms with Gasteiger partial charge in [0.15, 0.2) is 0 Å². The smallest absolute Gasteiger partial charge is 0.0622 e. The molecule has 1 aromatic rings. The molecule has 3 unspecified atom stereocenters. The van der Waals surface area contributed by atoms with Crippen LogP contribution in [0.15, 0.2) is 15.9 Å². The predicted octanol–water partition coefficient (Wildman–Crippen LogP) is 3.40. The van der Waals surface area contributed by atoms with E-state index in [2.05, 4.69) is 46.1 Å². The summed E-state index contributed by atoms with van der Waals surface area (Å²) >= 11 is 5.35. The molecule has 0 amide bonds. The van der Waals surface area contributed by atoms with E-state index in [4.69, 9.17) is 10.5 Å². The largest absolute Gasteiger partial charge is 0.378 e. The van der Waals surface area contributed by atoms with Gasteiger partial charge in [0, 0.05) is 33.4 Å². The van der Waals surface area contributed by atoms with Crippen molar-refractivity contribution in [3.8, 4) is 0 Å². The van der Waals surface area contributed by atoms with Crippen LogP contribution in [0.5, 0.6) is 0 Å². The summed E-state index contributed by atoms with van der Waals surface area (Å²) in [6.45, 7) is 7.02. The van der Waals surface area contributed by atoms with Crippen molar-refractivity contribution in [2.24, 2.45) is 5.73 Å². The molecule has 0 radical (unpaired) electrons. The Hall–Kier alpha value is 0.0600. The first-order chi connectivity index (χ1) is 9.17. The minimum atomic E-state index is 0.178. The lowest BCUT2D eigenvalue weighted by molar-refractivity contribution is -0.0354. The predicted molar refractivity (Wildman–Crippen MR) is 84.6 cm³/mol. The number of ether oxygens (including phenoxy) is 1. The minimum absolute atomic E-state index is 0.178. The van der Waals surface area contributed by atoms with Crippen LogP contribution in [0.1, 0.15) is 37.6 Å². The molecule has 1 aliphatic heterocycles. The molecule has 2 heterocycles. The van der Waals surface area contributed by atoms with E-state index in [1.807, 2.05) is 0 Å². The number of morpholine rings is 1. The number of rotatable bonds is 5. The van der Waals surface area contributed by atoms with Gasteiger partial charge in [0.25, 0.3) is 0 Å². The van der Waals surface area contributed by atoms with E-state index in [0.29, 0.717) is 12.1 Å². The van der Waals surface area contributed by atoms with E-state index in [1.165, 1.54) is 4.88 Å². The quantitative estimate of drug-likeness (QED) is 0.887. The molecule has 2 N–H and O–H groups in total. The highest BCUT2D eigenvalue weighted by molar-refractivity contribution is 9.10. The van der Waals surface area contributed by atoms with Crippen LogP contribution in [0.25, 0.3) is 0 Å². The molecular formula is C14H23BrN2OS. The Bertz CT molecular complexity index is 399. The van der Waals surface area contributed by atoms with Crippen LogP contribution in [0.3, 0.4) is 0 Å². The van der Waals surface area contributed by atoms with Crippen molar-refractivity contribution in [2.75, 3.05) is 19.8 Å². The number of nitrogens with zero attached hydrogens (tertiary/aromatic N) is 1. The van der Waals surface area contributed by atoms with E-state index in [1.54, 1.807) is 11.3 Å². The molecule has 0 bridgehead atoms. The fourth-order valence-corrected chi connectivity index (χ4v) is 4.35. The highest BCUT2D eigenvalue weighted by Crippen LogP contribution is 2.34. The molecule has 1 aliphatic rings. The van der Waals surface area contributed by atoms with Crippen LogP contribution in [0, 0.1) is 0 Å². The summed E-state index contributed by atoms with van der Waals surface area (Å²) < 4.78 is 6.77. The highest BCUT2D eigenvalue weighted by Gasteiger charge is 2.33. The van der Waals surface area contributed by atoms with Gasteiger partial charge < -0.3 is 10.5 Å². The van der Waals surface area contributed by atoms with E-state index >= 15 is 0 Å². The van der Waals surface area contributed by atoms with Crippen molar-refractivity contribution in [3.63, 3.8) is 0 Å². The zero-order valence-corrected chi connectivity index (χ0v) is 14.0. The lowest BCUT2D eigenvalue weighted by Crippen LogP contribution is -2.51. The standard InChI is InChI=1S/C14H23BrN2OS/c1-3-11-8-18-6-5-17(11)14(12(16)4-2)13-7-10(15)9-19-13/h7,9,11-12,14H,3-6,8,16H2,1-2H3. The van der Waals surface area contributed by atoms with Crippen LogP contribution in [-0.2, 0) is 4.74 Å². The molecule has 0 saturated carbocycles. The van der Waals surface area contributed by atoms with Gasteiger partial charge >= 0.3 is 0 Å². The molecule has 108 valence electrons. The first-order valence-electron chi connectivity index (χ1n) is 7.00. The summed E-state index contributed by atoms with van der Waals surface area (Å²) in [5, 5.41) is 2.14. The lowest BCUT2D eigenvalue weighted by Gasteiger charge is -2.42. The molecule has 2 rings (SSSR count). The van der Waals surface area contributed by atoms with E-state index in [-0.39, 0.29) is 6.04 Å². The third-order valence-corrected chi connectivity index (χ3v) is 5.62. The van der Waals surface area contributed by atoms with Crippen molar-refractivity contribution < 1.29 is 4.74 Å². The monoisotopic (exact) mass is 346 g/mol. The maximum absolute atomic E-state index is 6.42. The second-order valence-electron chi connectivity index (χ2n) is 5.06. The molecule has 3 nitrogen and oxygen atoms in total. The lowest BCUT2D eigenvalue weighted by atomic mass is 9.99. The molecule has 3 atom stereocenters. The van der Waals surface area contributed by atoms with Crippen molar-refractivity contribution in [1.29, 1.82) is 0 Å². The Kier molecular flexibility index (Phi) is 5.84.